The summed E-state index contributed by atoms with van der Waals surface area (Å²) in [6.45, 7) is 4.65. The molecular formula is C13H22N4O. The van der Waals surface area contributed by atoms with Crippen molar-refractivity contribution in [2.45, 2.75) is 44.7 Å². The number of amides is 1. The van der Waals surface area contributed by atoms with E-state index in [-0.39, 0.29) is 11.4 Å². The van der Waals surface area contributed by atoms with Crippen LogP contribution in [0.4, 0.5) is 0 Å². The van der Waals surface area contributed by atoms with Crippen molar-refractivity contribution in [3.8, 4) is 0 Å². The van der Waals surface area contributed by atoms with Gasteiger partial charge in [0.2, 0.25) is 5.91 Å². The zero-order chi connectivity index (χ0) is 12.8. The quantitative estimate of drug-likeness (QED) is 0.738. The normalized spacial score (nSPS) is 23.2. The Labute approximate surface area is 108 Å². The second kappa shape index (κ2) is 6.00. The summed E-state index contributed by atoms with van der Waals surface area (Å²) in [6.07, 6.45) is 9.35. The molecule has 1 aliphatic rings. The highest BCUT2D eigenvalue weighted by Gasteiger charge is 2.38. The number of nitrogens with zero attached hydrogens (tertiary/aromatic N) is 2. The number of nitrogens with one attached hydrogen (secondary N) is 2. The Morgan fingerprint density at radius 2 is 2.50 bits per heavy atom. The second-order valence-electron chi connectivity index (χ2n) is 4.88. The van der Waals surface area contributed by atoms with Crippen LogP contribution < -0.4 is 10.6 Å². The minimum atomic E-state index is -0.311. The van der Waals surface area contributed by atoms with Crippen molar-refractivity contribution in [1.29, 1.82) is 0 Å². The van der Waals surface area contributed by atoms with E-state index in [2.05, 4.69) is 22.5 Å². The first kappa shape index (κ1) is 13.1. The molecule has 0 radical (unpaired) electrons. The molecule has 0 saturated carbocycles. The third-order valence-electron chi connectivity index (χ3n) is 3.72. The monoisotopic (exact) mass is 250 g/mol. The molecule has 1 fully saturated rings. The molecule has 1 amide bonds. The average molecular weight is 250 g/mol. The summed E-state index contributed by atoms with van der Waals surface area (Å²) in [5.74, 6) is 0.160. The van der Waals surface area contributed by atoms with Crippen molar-refractivity contribution >= 4 is 5.91 Å². The van der Waals surface area contributed by atoms with Crippen LogP contribution in [0.25, 0.3) is 0 Å². The van der Waals surface area contributed by atoms with Gasteiger partial charge in [-0.3, -0.25) is 4.79 Å². The fourth-order valence-corrected chi connectivity index (χ4v) is 2.51. The van der Waals surface area contributed by atoms with Gasteiger partial charge in [-0.05, 0) is 32.2 Å². The molecule has 18 heavy (non-hydrogen) atoms. The molecular weight excluding hydrogens is 228 g/mol. The van der Waals surface area contributed by atoms with Crippen molar-refractivity contribution in [2.75, 3.05) is 13.1 Å². The van der Waals surface area contributed by atoms with Crippen molar-refractivity contribution in [1.82, 2.24) is 20.2 Å². The fourth-order valence-electron chi connectivity index (χ4n) is 2.51. The van der Waals surface area contributed by atoms with Crippen LogP contribution in [-0.2, 0) is 11.3 Å². The number of aryl methyl sites for hydroxylation is 1. The molecule has 2 heterocycles. The molecule has 5 heteroatoms. The van der Waals surface area contributed by atoms with Gasteiger partial charge >= 0.3 is 0 Å². The average Bonchev–Trinajstić information content (AvgIpc) is 3.05. The van der Waals surface area contributed by atoms with E-state index < -0.39 is 0 Å². The van der Waals surface area contributed by atoms with Crippen LogP contribution in [0.2, 0.25) is 0 Å². The van der Waals surface area contributed by atoms with Gasteiger partial charge in [0.15, 0.2) is 0 Å². The lowest BCUT2D eigenvalue weighted by Crippen LogP contribution is -2.53. The van der Waals surface area contributed by atoms with E-state index in [1.165, 1.54) is 0 Å². The van der Waals surface area contributed by atoms with Gasteiger partial charge in [0, 0.05) is 25.5 Å². The summed E-state index contributed by atoms with van der Waals surface area (Å²) in [5, 5.41) is 6.39. The Hall–Kier alpha value is -1.36. The molecule has 5 nitrogen and oxygen atoms in total. The summed E-state index contributed by atoms with van der Waals surface area (Å²) >= 11 is 0. The number of hydrogen-bond acceptors (Lipinski definition) is 3. The summed E-state index contributed by atoms with van der Waals surface area (Å²) in [5.41, 5.74) is -0.311. The Bertz CT molecular complexity index is 368. The minimum absolute atomic E-state index is 0.160. The first-order valence-corrected chi connectivity index (χ1v) is 6.76. The van der Waals surface area contributed by atoms with E-state index in [4.69, 9.17) is 0 Å². The lowest BCUT2D eigenvalue weighted by Gasteiger charge is -2.26. The molecule has 0 aliphatic carbocycles. The van der Waals surface area contributed by atoms with Gasteiger partial charge in [-0.15, -0.1) is 0 Å². The summed E-state index contributed by atoms with van der Waals surface area (Å²) in [7, 11) is 0. The molecule has 0 bridgehead atoms. The Morgan fingerprint density at radius 1 is 1.61 bits per heavy atom. The van der Waals surface area contributed by atoms with Gasteiger partial charge in [0.05, 0.1) is 11.9 Å². The predicted molar refractivity (Wildman–Crippen MR) is 70.1 cm³/mol. The number of aromatic nitrogens is 2. The molecule has 1 saturated heterocycles. The Kier molecular flexibility index (Phi) is 4.36. The number of carbonyl (C=O) groups is 1. The number of carbonyl (C=O) groups excluding carboxylic acids is 1. The molecule has 0 aromatic carbocycles. The van der Waals surface area contributed by atoms with Gasteiger partial charge in [-0.1, -0.05) is 6.92 Å². The van der Waals surface area contributed by atoms with E-state index in [1.807, 2.05) is 10.8 Å². The van der Waals surface area contributed by atoms with Gasteiger partial charge in [-0.25, -0.2) is 4.98 Å². The maximum absolute atomic E-state index is 12.2. The van der Waals surface area contributed by atoms with E-state index >= 15 is 0 Å². The number of rotatable bonds is 6. The molecule has 1 aromatic heterocycles. The van der Waals surface area contributed by atoms with Crippen LogP contribution in [0.15, 0.2) is 18.7 Å². The van der Waals surface area contributed by atoms with Crippen LogP contribution in [0.1, 0.15) is 32.6 Å². The van der Waals surface area contributed by atoms with E-state index in [1.54, 1.807) is 12.5 Å². The minimum Gasteiger partial charge on any atom is -0.354 e. The summed E-state index contributed by atoms with van der Waals surface area (Å²) in [6, 6.07) is 0. The van der Waals surface area contributed by atoms with Crippen LogP contribution >= 0.6 is 0 Å². The lowest BCUT2D eigenvalue weighted by molar-refractivity contribution is -0.127. The van der Waals surface area contributed by atoms with Crippen molar-refractivity contribution in [3.63, 3.8) is 0 Å². The van der Waals surface area contributed by atoms with Crippen LogP contribution in [0.5, 0.6) is 0 Å². The largest absolute Gasteiger partial charge is 0.354 e. The standard InChI is InChI=1S/C13H22N4O/c1-2-13(5-3-7-16-13)12(18)15-6-4-9-17-10-8-14-11-17/h8,10-11,16H,2-7,9H2,1H3,(H,15,18). The first-order valence-electron chi connectivity index (χ1n) is 6.76. The highest BCUT2D eigenvalue weighted by molar-refractivity contribution is 5.86. The van der Waals surface area contributed by atoms with Crippen molar-refractivity contribution < 1.29 is 4.79 Å². The highest BCUT2D eigenvalue weighted by atomic mass is 16.2. The Morgan fingerprint density at radius 3 is 3.11 bits per heavy atom. The Balaban J connectivity index is 1.71. The maximum atomic E-state index is 12.2. The molecule has 1 unspecified atom stereocenters. The van der Waals surface area contributed by atoms with E-state index in [9.17, 15) is 4.79 Å². The zero-order valence-corrected chi connectivity index (χ0v) is 11.0. The zero-order valence-electron chi connectivity index (χ0n) is 11.0. The van der Waals surface area contributed by atoms with Crippen molar-refractivity contribution in [3.05, 3.63) is 18.7 Å². The molecule has 1 aliphatic heterocycles. The maximum Gasteiger partial charge on any atom is 0.240 e. The summed E-state index contributed by atoms with van der Waals surface area (Å²) < 4.78 is 2.02. The molecule has 2 rings (SSSR count). The SMILES string of the molecule is CCC1(C(=O)NCCCn2ccnc2)CCCN1. The molecule has 1 aromatic rings. The molecule has 0 spiro atoms. The van der Waals surface area contributed by atoms with Crippen LogP contribution in [-0.4, -0.2) is 34.1 Å². The van der Waals surface area contributed by atoms with Gasteiger partial charge in [0.1, 0.15) is 0 Å². The lowest BCUT2D eigenvalue weighted by atomic mass is 9.93. The second-order valence-corrected chi connectivity index (χ2v) is 4.88. The third-order valence-corrected chi connectivity index (χ3v) is 3.72. The predicted octanol–water partition coefficient (Wildman–Crippen LogP) is 0.922. The highest BCUT2D eigenvalue weighted by Crippen LogP contribution is 2.22. The summed E-state index contributed by atoms with van der Waals surface area (Å²) in [4.78, 5) is 16.2. The van der Waals surface area contributed by atoms with Gasteiger partial charge in [0.25, 0.3) is 0 Å². The van der Waals surface area contributed by atoms with Gasteiger partial charge < -0.3 is 15.2 Å². The molecule has 2 N–H and O–H groups in total. The number of hydrogen-bond donors (Lipinski definition) is 2. The topological polar surface area (TPSA) is 59.0 Å². The van der Waals surface area contributed by atoms with Crippen molar-refractivity contribution in [2.24, 2.45) is 0 Å². The van der Waals surface area contributed by atoms with Gasteiger partial charge in [-0.2, -0.15) is 0 Å². The smallest absolute Gasteiger partial charge is 0.240 e. The van der Waals surface area contributed by atoms with E-state index in [0.29, 0.717) is 0 Å². The van der Waals surface area contributed by atoms with Crippen LogP contribution in [0, 0.1) is 0 Å². The molecule has 100 valence electrons. The number of imidazole rings is 1. The fraction of sp³-hybridized carbons (Fsp3) is 0.692. The van der Waals surface area contributed by atoms with Crippen LogP contribution in [0.3, 0.4) is 0 Å². The third kappa shape index (κ3) is 2.90. The van der Waals surface area contributed by atoms with E-state index in [0.717, 1.165) is 45.3 Å². The first-order chi connectivity index (χ1) is 8.77. The molecule has 1 atom stereocenters.